The molecule has 1 saturated heterocycles. The Morgan fingerprint density at radius 3 is 2.63 bits per heavy atom. The zero-order chi connectivity index (χ0) is 19.4. The van der Waals surface area contributed by atoms with Gasteiger partial charge in [-0.05, 0) is 54.8 Å². The molecular weight excluding hydrogens is 351 g/mol. The molecule has 1 aliphatic rings. The fraction of sp³-hybridized carbons (Fsp3) is 0.250. The number of hydrogen-bond donors (Lipinski definition) is 2. The maximum absolute atomic E-state index is 13.0. The molecule has 140 valence electrons. The lowest BCUT2D eigenvalue weighted by atomic mass is 10.1. The molecule has 1 fully saturated rings. The van der Waals surface area contributed by atoms with E-state index in [2.05, 4.69) is 5.32 Å². The molecule has 1 aliphatic heterocycles. The number of hydrogen-bond acceptors (Lipinski definition) is 3. The predicted molar refractivity (Wildman–Crippen MR) is 97.9 cm³/mol. The molecule has 0 saturated carbocycles. The van der Waals surface area contributed by atoms with E-state index < -0.39 is 17.8 Å². The van der Waals surface area contributed by atoms with Crippen LogP contribution < -0.4 is 10.2 Å². The largest absolute Gasteiger partial charge is 0.481 e. The zero-order valence-electron chi connectivity index (χ0n) is 14.5. The van der Waals surface area contributed by atoms with Crippen molar-refractivity contribution >= 4 is 29.2 Å². The number of carboxylic acids is 1. The highest BCUT2D eigenvalue weighted by molar-refractivity contribution is 6.13. The van der Waals surface area contributed by atoms with Gasteiger partial charge >= 0.3 is 5.97 Å². The summed E-state index contributed by atoms with van der Waals surface area (Å²) in [6, 6.07) is 12.5. The van der Waals surface area contributed by atoms with Crippen LogP contribution in [0.4, 0.5) is 15.8 Å². The maximum atomic E-state index is 13.0. The quantitative estimate of drug-likeness (QED) is 0.766. The highest BCUT2D eigenvalue weighted by Gasteiger charge is 2.37. The Labute approximate surface area is 155 Å². The molecule has 0 spiro atoms. The Bertz CT molecular complexity index is 867. The summed E-state index contributed by atoms with van der Waals surface area (Å²) in [5.41, 5.74) is 1.88. The van der Waals surface area contributed by atoms with Crippen LogP contribution in [-0.2, 0) is 20.8 Å². The summed E-state index contributed by atoms with van der Waals surface area (Å²) in [5.74, 6) is -2.80. The van der Waals surface area contributed by atoms with E-state index in [0.29, 0.717) is 30.8 Å². The smallest absolute Gasteiger partial charge is 0.303 e. The first-order valence-electron chi connectivity index (χ1n) is 8.62. The van der Waals surface area contributed by atoms with Gasteiger partial charge in [0.25, 0.3) is 0 Å². The minimum atomic E-state index is -0.887. The van der Waals surface area contributed by atoms with Crippen LogP contribution in [0.3, 0.4) is 0 Å². The van der Waals surface area contributed by atoms with Gasteiger partial charge in [0.1, 0.15) is 11.7 Å². The third-order valence-corrected chi connectivity index (χ3v) is 4.48. The Kier molecular flexibility index (Phi) is 5.49. The second-order valence-corrected chi connectivity index (χ2v) is 6.39. The van der Waals surface area contributed by atoms with E-state index >= 15 is 0 Å². The molecular formula is C20H19FN2O4. The predicted octanol–water partition coefficient (Wildman–Crippen LogP) is 2.83. The van der Waals surface area contributed by atoms with Gasteiger partial charge in [-0.2, -0.15) is 0 Å². The van der Waals surface area contributed by atoms with Crippen molar-refractivity contribution in [1.29, 1.82) is 0 Å². The molecule has 2 aromatic rings. The monoisotopic (exact) mass is 370 g/mol. The molecule has 6 nitrogen and oxygen atoms in total. The first-order valence-corrected chi connectivity index (χ1v) is 8.62. The highest BCUT2D eigenvalue weighted by atomic mass is 19.1. The van der Waals surface area contributed by atoms with Gasteiger partial charge in [0.2, 0.25) is 11.8 Å². The molecule has 0 radical (unpaired) electrons. The molecule has 2 aromatic carbocycles. The number of halogens is 1. The van der Waals surface area contributed by atoms with Crippen LogP contribution in [-0.4, -0.2) is 29.4 Å². The van der Waals surface area contributed by atoms with E-state index in [1.165, 1.54) is 29.2 Å². The molecule has 1 atom stereocenters. The summed E-state index contributed by atoms with van der Waals surface area (Å²) in [6.45, 7) is 0.390. The van der Waals surface area contributed by atoms with E-state index in [0.717, 1.165) is 5.56 Å². The van der Waals surface area contributed by atoms with Crippen LogP contribution in [0, 0.1) is 11.7 Å². The number of anilines is 2. The van der Waals surface area contributed by atoms with Gasteiger partial charge in [0.15, 0.2) is 0 Å². The second kappa shape index (κ2) is 7.99. The SMILES string of the molecule is O=C(O)CCc1cccc(NC(=O)C2CCN(c3ccc(F)cc3)C2=O)c1. The minimum absolute atomic E-state index is 0.00510. The number of amides is 2. The fourth-order valence-corrected chi connectivity index (χ4v) is 3.09. The number of aryl methyl sites for hydroxylation is 1. The number of benzene rings is 2. The van der Waals surface area contributed by atoms with Crippen molar-refractivity contribution in [3.63, 3.8) is 0 Å². The lowest BCUT2D eigenvalue weighted by Gasteiger charge is -2.16. The second-order valence-electron chi connectivity index (χ2n) is 6.39. The van der Waals surface area contributed by atoms with Gasteiger partial charge < -0.3 is 15.3 Å². The summed E-state index contributed by atoms with van der Waals surface area (Å²) in [4.78, 5) is 37.3. The topological polar surface area (TPSA) is 86.7 Å². The van der Waals surface area contributed by atoms with E-state index in [1.54, 1.807) is 24.3 Å². The molecule has 27 heavy (non-hydrogen) atoms. The van der Waals surface area contributed by atoms with Crippen molar-refractivity contribution < 1.29 is 23.9 Å². The maximum Gasteiger partial charge on any atom is 0.303 e. The zero-order valence-corrected chi connectivity index (χ0v) is 14.5. The number of rotatable bonds is 6. The van der Waals surface area contributed by atoms with Crippen molar-refractivity contribution in [2.24, 2.45) is 5.92 Å². The first kappa shape index (κ1) is 18.6. The van der Waals surface area contributed by atoms with E-state index in [4.69, 9.17) is 5.11 Å². The average Bonchev–Trinajstić information content (AvgIpc) is 3.02. The lowest BCUT2D eigenvalue weighted by molar-refractivity contribution is -0.137. The Morgan fingerprint density at radius 1 is 1.19 bits per heavy atom. The molecule has 7 heteroatoms. The van der Waals surface area contributed by atoms with Crippen molar-refractivity contribution in [3.8, 4) is 0 Å². The normalized spacial score (nSPS) is 16.4. The van der Waals surface area contributed by atoms with Crippen LogP contribution in [0.1, 0.15) is 18.4 Å². The lowest BCUT2D eigenvalue weighted by Crippen LogP contribution is -2.33. The van der Waals surface area contributed by atoms with Crippen molar-refractivity contribution in [2.45, 2.75) is 19.3 Å². The van der Waals surface area contributed by atoms with E-state index in [-0.39, 0.29) is 18.1 Å². The summed E-state index contributed by atoms with van der Waals surface area (Å²) in [6.07, 6.45) is 0.742. The number of carbonyl (C=O) groups excluding carboxylic acids is 2. The van der Waals surface area contributed by atoms with Crippen LogP contribution in [0.25, 0.3) is 0 Å². The van der Waals surface area contributed by atoms with Crippen molar-refractivity contribution in [1.82, 2.24) is 0 Å². The summed E-state index contributed by atoms with van der Waals surface area (Å²) in [7, 11) is 0. The number of carbonyl (C=O) groups is 3. The van der Waals surface area contributed by atoms with Crippen LogP contribution in [0.2, 0.25) is 0 Å². The molecule has 2 amide bonds. The van der Waals surface area contributed by atoms with Gasteiger partial charge in [0, 0.05) is 24.3 Å². The highest BCUT2D eigenvalue weighted by Crippen LogP contribution is 2.26. The van der Waals surface area contributed by atoms with Crippen molar-refractivity contribution in [2.75, 3.05) is 16.8 Å². The summed E-state index contributed by atoms with van der Waals surface area (Å²) >= 11 is 0. The van der Waals surface area contributed by atoms with E-state index in [9.17, 15) is 18.8 Å². The molecule has 3 rings (SSSR count). The Hall–Kier alpha value is -3.22. The summed E-state index contributed by atoms with van der Waals surface area (Å²) in [5, 5.41) is 11.5. The molecule has 0 bridgehead atoms. The van der Waals surface area contributed by atoms with Crippen LogP contribution in [0.5, 0.6) is 0 Å². The van der Waals surface area contributed by atoms with Gasteiger partial charge in [0.05, 0.1) is 0 Å². The molecule has 1 unspecified atom stereocenters. The number of nitrogens with zero attached hydrogens (tertiary/aromatic N) is 1. The fourth-order valence-electron chi connectivity index (χ4n) is 3.09. The molecule has 0 aliphatic carbocycles. The van der Waals surface area contributed by atoms with Gasteiger partial charge in [-0.25, -0.2) is 4.39 Å². The number of nitrogens with one attached hydrogen (secondary N) is 1. The minimum Gasteiger partial charge on any atom is -0.481 e. The van der Waals surface area contributed by atoms with Crippen LogP contribution in [0.15, 0.2) is 48.5 Å². The van der Waals surface area contributed by atoms with Gasteiger partial charge in [-0.15, -0.1) is 0 Å². The number of carboxylic acid groups (broad SMARTS) is 1. The molecule has 2 N–H and O–H groups in total. The van der Waals surface area contributed by atoms with E-state index in [1.807, 2.05) is 0 Å². The van der Waals surface area contributed by atoms with Gasteiger partial charge in [-0.3, -0.25) is 14.4 Å². The first-order chi connectivity index (χ1) is 12.9. The standard InChI is InChI=1S/C20H19FN2O4/c21-14-5-7-16(8-6-14)23-11-10-17(20(23)27)19(26)22-15-3-1-2-13(12-15)4-9-18(24)25/h1-3,5-8,12,17H,4,9-11H2,(H,22,26)(H,24,25). The third kappa shape index (κ3) is 4.49. The molecule has 1 heterocycles. The number of aliphatic carboxylic acids is 1. The Balaban J connectivity index is 1.65. The van der Waals surface area contributed by atoms with Crippen LogP contribution >= 0.6 is 0 Å². The summed E-state index contributed by atoms with van der Waals surface area (Å²) < 4.78 is 13.0. The average molecular weight is 370 g/mol. The van der Waals surface area contributed by atoms with Crippen molar-refractivity contribution in [3.05, 3.63) is 59.9 Å². The van der Waals surface area contributed by atoms with Gasteiger partial charge in [-0.1, -0.05) is 12.1 Å². The molecule has 0 aromatic heterocycles. The third-order valence-electron chi connectivity index (χ3n) is 4.48. The Morgan fingerprint density at radius 2 is 1.93 bits per heavy atom.